The van der Waals surface area contributed by atoms with Gasteiger partial charge in [0.25, 0.3) is 0 Å². The summed E-state index contributed by atoms with van der Waals surface area (Å²) in [7, 11) is -3.32. The van der Waals surface area contributed by atoms with Gasteiger partial charge in [0.15, 0.2) is 5.96 Å². The molecule has 1 atom stereocenters. The minimum Gasteiger partial charge on any atom is -0.489 e. The van der Waals surface area contributed by atoms with E-state index >= 15 is 0 Å². The Bertz CT molecular complexity index is 714. The summed E-state index contributed by atoms with van der Waals surface area (Å²) < 4.78 is 44.2. The third-order valence-electron chi connectivity index (χ3n) is 3.13. The fourth-order valence-electron chi connectivity index (χ4n) is 2.21. The Morgan fingerprint density at radius 1 is 1.33 bits per heavy atom. The number of rotatable bonds is 9. The van der Waals surface area contributed by atoms with Gasteiger partial charge in [-0.1, -0.05) is 6.07 Å². The molecule has 10 heteroatoms. The Hall–Kier alpha value is -1.14. The molecule has 1 aromatic rings. The first-order valence-corrected chi connectivity index (χ1v) is 10.3. The number of nitrogens with one attached hydrogen (secondary N) is 3. The largest absolute Gasteiger partial charge is 0.489 e. The molecular weight excluding hydrogens is 486 g/mol. The molecule has 1 rings (SSSR count). The van der Waals surface area contributed by atoms with Gasteiger partial charge in [-0.2, -0.15) is 0 Å². The van der Waals surface area contributed by atoms with Gasteiger partial charge >= 0.3 is 0 Å². The SMILES string of the molecule is CCNC(=NCC(C)(C)NS(C)(=O)=O)NCC(C)Oc1cccc(F)c1.I. The molecule has 0 bridgehead atoms. The summed E-state index contributed by atoms with van der Waals surface area (Å²) in [6, 6.07) is 5.97. The molecular formula is C17H30FIN4O3S. The van der Waals surface area contributed by atoms with Crippen LogP contribution in [0.1, 0.15) is 27.7 Å². The first kappa shape index (κ1) is 25.9. The van der Waals surface area contributed by atoms with Gasteiger partial charge < -0.3 is 15.4 Å². The van der Waals surface area contributed by atoms with Crippen molar-refractivity contribution in [1.82, 2.24) is 15.4 Å². The van der Waals surface area contributed by atoms with Crippen LogP contribution in [0.4, 0.5) is 4.39 Å². The summed E-state index contributed by atoms with van der Waals surface area (Å²) in [5.41, 5.74) is -0.709. The second-order valence-electron chi connectivity index (χ2n) is 6.72. The molecule has 156 valence electrons. The normalized spacial score (nSPS) is 13.5. The number of hydrogen-bond donors (Lipinski definition) is 3. The average Bonchev–Trinajstić information content (AvgIpc) is 2.47. The van der Waals surface area contributed by atoms with Gasteiger partial charge in [-0.3, -0.25) is 4.99 Å². The maximum atomic E-state index is 13.2. The number of halogens is 2. The van der Waals surface area contributed by atoms with Crippen LogP contribution in [0.25, 0.3) is 0 Å². The molecule has 0 aliphatic heterocycles. The molecule has 0 saturated heterocycles. The molecule has 27 heavy (non-hydrogen) atoms. The fourth-order valence-corrected chi connectivity index (χ4v) is 3.28. The third kappa shape index (κ3) is 12.0. The van der Waals surface area contributed by atoms with E-state index < -0.39 is 15.6 Å². The number of benzene rings is 1. The van der Waals surface area contributed by atoms with Crippen LogP contribution >= 0.6 is 24.0 Å². The van der Waals surface area contributed by atoms with Gasteiger partial charge in [-0.05, 0) is 39.8 Å². The van der Waals surface area contributed by atoms with E-state index in [4.69, 9.17) is 4.74 Å². The van der Waals surface area contributed by atoms with Gasteiger partial charge in [-0.15, -0.1) is 24.0 Å². The first-order chi connectivity index (χ1) is 12.0. The first-order valence-electron chi connectivity index (χ1n) is 8.44. The minimum atomic E-state index is -3.32. The molecule has 0 amide bonds. The van der Waals surface area contributed by atoms with Crippen LogP contribution in [0, 0.1) is 5.82 Å². The highest BCUT2D eigenvalue weighted by molar-refractivity contribution is 14.0. The Kier molecular flexibility index (Phi) is 11.2. The molecule has 0 aliphatic carbocycles. The van der Waals surface area contributed by atoms with E-state index in [2.05, 4.69) is 20.3 Å². The van der Waals surface area contributed by atoms with Crippen LogP contribution in [0.3, 0.4) is 0 Å². The van der Waals surface area contributed by atoms with E-state index in [1.165, 1.54) is 12.1 Å². The lowest BCUT2D eigenvalue weighted by molar-refractivity contribution is 0.223. The lowest BCUT2D eigenvalue weighted by atomic mass is 10.1. The quantitative estimate of drug-likeness (QED) is 0.266. The molecule has 0 fully saturated rings. The van der Waals surface area contributed by atoms with Gasteiger partial charge in [0.2, 0.25) is 10.0 Å². The molecule has 0 saturated carbocycles. The standard InChI is InChI=1S/C17H29FN4O3S.HI/c1-6-19-16(21-12-17(3,4)22-26(5,23)24)20-11-13(2)25-15-9-7-8-14(18)10-15;/h7-10,13,22H,6,11-12H2,1-5H3,(H2,19,20,21);1H. The Labute approximate surface area is 178 Å². The second kappa shape index (κ2) is 11.6. The highest BCUT2D eigenvalue weighted by Crippen LogP contribution is 2.13. The lowest BCUT2D eigenvalue weighted by Gasteiger charge is -2.24. The molecule has 0 spiro atoms. The van der Waals surface area contributed by atoms with Gasteiger partial charge in [0.1, 0.15) is 17.7 Å². The molecule has 3 N–H and O–H groups in total. The average molecular weight is 516 g/mol. The van der Waals surface area contributed by atoms with Crippen molar-refractivity contribution in [2.75, 3.05) is 25.9 Å². The molecule has 1 unspecified atom stereocenters. The van der Waals surface area contributed by atoms with Crippen molar-refractivity contribution in [1.29, 1.82) is 0 Å². The Balaban J connectivity index is 0.00000676. The van der Waals surface area contributed by atoms with Crippen LogP contribution in [0.5, 0.6) is 5.75 Å². The van der Waals surface area contributed by atoms with E-state index in [9.17, 15) is 12.8 Å². The van der Waals surface area contributed by atoms with Crippen molar-refractivity contribution in [2.45, 2.75) is 39.3 Å². The maximum absolute atomic E-state index is 13.2. The Morgan fingerprint density at radius 2 is 2.00 bits per heavy atom. The predicted octanol–water partition coefficient (Wildman–Crippen LogP) is 2.09. The molecule has 0 radical (unpaired) electrons. The van der Waals surface area contributed by atoms with Gasteiger partial charge in [0, 0.05) is 18.2 Å². The van der Waals surface area contributed by atoms with Crippen LogP contribution in [-0.2, 0) is 10.0 Å². The van der Waals surface area contributed by atoms with Crippen LogP contribution in [0.15, 0.2) is 29.3 Å². The summed E-state index contributed by atoms with van der Waals surface area (Å²) in [6.07, 6.45) is 0.899. The number of guanidine groups is 1. The van der Waals surface area contributed by atoms with Gasteiger partial charge in [-0.25, -0.2) is 17.5 Å². The topological polar surface area (TPSA) is 91.8 Å². The number of ether oxygens (including phenoxy) is 1. The number of sulfonamides is 1. The molecule has 0 heterocycles. The van der Waals surface area contributed by atoms with Crippen molar-refractivity contribution < 1.29 is 17.5 Å². The van der Waals surface area contributed by atoms with Crippen LogP contribution < -0.4 is 20.1 Å². The second-order valence-corrected chi connectivity index (χ2v) is 8.47. The monoisotopic (exact) mass is 516 g/mol. The molecule has 7 nitrogen and oxygen atoms in total. The van der Waals surface area contributed by atoms with Crippen LogP contribution in [-0.4, -0.2) is 51.9 Å². The maximum Gasteiger partial charge on any atom is 0.209 e. The summed E-state index contributed by atoms with van der Waals surface area (Å²) >= 11 is 0. The zero-order valence-electron chi connectivity index (χ0n) is 16.4. The summed E-state index contributed by atoms with van der Waals surface area (Å²) in [5, 5.41) is 6.23. The van der Waals surface area contributed by atoms with Crippen molar-refractivity contribution >= 4 is 40.0 Å². The number of hydrogen-bond acceptors (Lipinski definition) is 4. The van der Waals surface area contributed by atoms with Crippen molar-refractivity contribution in [3.8, 4) is 5.75 Å². The molecule has 0 aromatic heterocycles. The summed E-state index contributed by atoms with van der Waals surface area (Å²) in [4.78, 5) is 4.41. The minimum absolute atomic E-state index is 0. The van der Waals surface area contributed by atoms with Gasteiger partial charge in [0.05, 0.1) is 19.3 Å². The van der Waals surface area contributed by atoms with Crippen molar-refractivity contribution in [3.63, 3.8) is 0 Å². The van der Waals surface area contributed by atoms with Crippen molar-refractivity contribution in [3.05, 3.63) is 30.1 Å². The summed E-state index contributed by atoms with van der Waals surface area (Å²) in [6.45, 7) is 8.68. The smallest absolute Gasteiger partial charge is 0.209 e. The van der Waals surface area contributed by atoms with E-state index in [0.717, 1.165) is 6.26 Å². The molecule has 0 aliphatic rings. The summed E-state index contributed by atoms with van der Waals surface area (Å²) in [5.74, 6) is 0.656. The Morgan fingerprint density at radius 3 is 2.56 bits per heavy atom. The van der Waals surface area contributed by atoms with Crippen molar-refractivity contribution in [2.24, 2.45) is 4.99 Å². The predicted molar refractivity (Wildman–Crippen MR) is 118 cm³/mol. The molecule has 1 aromatic carbocycles. The fraction of sp³-hybridized carbons (Fsp3) is 0.588. The van der Waals surface area contributed by atoms with E-state index in [-0.39, 0.29) is 42.4 Å². The number of nitrogens with zero attached hydrogens (tertiary/aromatic N) is 1. The third-order valence-corrected chi connectivity index (χ3v) is 4.05. The highest BCUT2D eigenvalue weighted by atomic mass is 127. The lowest BCUT2D eigenvalue weighted by Crippen LogP contribution is -2.47. The number of aliphatic imine (C=N–C) groups is 1. The zero-order chi connectivity index (χ0) is 19.8. The van der Waals surface area contributed by atoms with E-state index in [0.29, 0.717) is 24.8 Å². The zero-order valence-corrected chi connectivity index (χ0v) is 19.5. The van der Waals surface area contributed by atoms with E-state index in [1.54, 1.807) is 26.0 Å². The highest BCUT2D eigenvalue weighted by Gasteiger charge is 2.22. The van der Waals surface area contributed by atoms with E-state index in [1.807, 2.05) is 13.8 Å². The van der Waals surface area contributed by atoms with Crippen LogP contribution in [0.2, 0.25) is 0 Å².